The highest BCUT2D eigenvalue weighted by molar-refractivity contribution is 6.43. The van der Waals surface area contributed by atoms with Crippen LogP contribution >= 0.6 is 0 Å². The zero-order chi connectivity index (χ0) is 41.5. The Balaban J connectivity index is 0.000000203. The number of fused-ring (bicyclic) bond motifs is 9. The SMILES string of the molecule is C=C/C=C\C(=C)c1c2c(cc3c4ccccc4c4cccc2c43)c(-c2ccccc2)c2c3cccc4cccc(c12)c43.CC(C)(C)c1ccc2cc(C(C)(C)C)ccc2c1. The molecule has 0 amide bonds. The summed E-state index contributed by atoms with van der Waals surface area (Å²) in [6.07, 6.45) is 5.95. The molecule has 0 radical (unpaired) electrons. The molecule has 0 aliphatic carbocycles. The van der Waals surface area contributed by atoms with Gasteiger partial charge in [-0.25, -0.2) is 0 Å². The molecular formula is C60H50. The lowest BCUT2D eigenvalue weighted by Crippen LogP contribution is -2.11. The van der Waals surface area contributed by atoms with Crippen LogP contribution in [0.1, 0.15) is 58.2 Å². The van der Waals surface area contributed by atoms with Crippen LogP contribution in [0.4, 0.5) is 0 Å². The summed E-state index contributed by atoms with van der Waals surface area (Å²) < 4.78 is 0. The van der Waals surface area contributed by atoms with Crippen LogP contribution in [0.5, 0.6) is 0 Å². The van der Waals surface area contributed by atoms with Gasteiger partial charge >= 0.3 is 0 Å². The van der Waals surface area contributed by atoms with Crippen molar-refractivity contribution in [3.63, 3.8) is 0 Å². The molecule has 60 heavy (non-hydrogen) atoms. The van der Waals surface area contributed by atoms with Gasteiger partial charge < -0.3 is 0 Å². The first kappa shape index (κ1) is 37.5. The lowest BCUT2D eigenvalue weighted by Gasteiger charge is -2.21. The van der Waals surface area contributed by atoms with Gasteiger partial charge in [0, 0.05) is 0 Å². The lowest BCUT2D eigenvalue weighted by molar-refractivity contribution is 0.589. The van der Waals surface area contributed by atoms with Crippen molar-refractivity contribution in [2.75, 3.05) is 0 Å². The minimum Gasteiger partial charge on any atom is -0.0991 e. The fraction of sp³-hybridized carbons (Fsp3) is 0.133. The van der Waals surface area contributed by atoms with Crippen LogP contribution < -0.4 is 0 Å². The molecule has 0 unspecified atom stereocenters. The van der Waals surface area contributed by atoms with Gasteiger partial charge in [0.15, 0.2) is 0 Å². The van der Waals surface area contributed by atoms with Gasteiger partial charge in [-0.05, 0) is 136 Å². The summed E-state index contributed by atoms with van der Waals surface area (Å²) in [5, 5.41) is 20.8. The van der Waals surface area contributed by atoms with Gasteiger partial charge in [0.25, 0.3) is 0 Å². The van der Waals surface area contributed by atoms with Crippen molar-refractivity contribution < 1.29 is 0 Å². The number of rotatable bonds is 4. The predicted octanol–water partition coefficient (Wildman–Crippen LogP) is 17.5. The zero-order valence-corrected chi connectivity index (χ0v) is 35.6. The molecule has 0 atom stereocenters. The number of allylic oxidation sites excluding steroid dienone is 4. The van der Waals surface area contributed by atoms with Gasteiger partial charge in [-0.3, -0.25) is 0 Å². The fourth-order valence-corrected chi connectivity index (χ4v) is 9.82. The summed E-state index contributed by atoms with van der Waals surface area (Å²) in [5.74, 6) is 0. The van der Waals surface area contributed by atoms with Crippen molar-refractivity contribution in [1.29, 1.82) is 0 Å². The van der Waals surface area contributed by atoms with E-state index in [1.54, 1.807) is 0 Å². The molecule has 0 spiro atoms. The van der Waals surface area contributed by atoms with Crippen LogP contribution in [0.15, 0.2) is 183 Å². The van der Waals surface area contributed by atoms with E-state index >= 15 is 0 Å². The van der Waals surface area contributed by atoms with Crippen molar-refractivity contribution in [2.45, 2.75) is 52.4 Å². The molecule has 0 aliphatic rings. The van der Waals surface area contributed by atoms with E-state index in [0.29, 0.717) is 0 Å². The molecule has 0 heteroatoms. The summed E-state index contributed by atoms with van der Waals surface area (Å²) in [6.45, 7) is 22.2. The van der Waals surface area contributed by atoms with Gasteiger partial charge in [0.1, 0.15) is 0 Å². The molecular weight excluding hydrogens is 721 g/mol. The molecule has 290 valence electrons. The molecule has 0 saturated heterocycles. The second-order valence-electron chi connectivity index (χ2n) is 18.6. The van der Waals surface area contributed by atoms with Gasteiger partial charge in [-0.1, -0.05) is 219 Å². The first-order valence-electron chi connectivity index (χ1n) is 21.2. The van der Waals surface area contributed by atoms with E-state index < -0.39 is 0 Å². The highest BCUT2D eigenvalue weighted by Gasteiger charge is 2.26. The predicted molar refractivity (Wildman–Crippen MR) is 267 cm³/mol. The molecule has 0 N–H and O–H groups in total. The van der Waals surface area contributed by atoms with Crippen LogP contribution in [-0.2, 0) is 10.8 Å². The van der Waals surface area contributed by atoms with E-state index in [-0.39, 0.29) is 10.8 Å². The summed E-state index contributed by atoms with van der Waals surface area (Å²) in [7, 11) is 0. The Morgan fingerprint density at radius 1 is 0.417 bits per heavy atom. The van der Waals surface area contributed by atoms with Crippen molar-refractivity contribution in [3.05, 3.63) is 200 Å². The van der Waals surface area contributed by atoms with Crippen LogP contribution in [0.25, 0.3) is 103 Å². The third-order valence-corrected chi connectivity index (χ3v) is 12.8. The standard InChI is InChI=1S/C42H26.C18H24/c1-3-4-13-25(2)36-40-33-23-12-20-30-28-18-8-9-19-29(28)34(39(30)33)24-35(40)38(27-14-6-5-7-15-27)42-32-22-11-17-26-16-10-21-31(37(26)32)41(36)42;1-17(2,3)15-9-7-14-12-16(18(4,5)6)10-8-13(14)11-15/h3-24H,1-2H2;7-12H,1-6H3/b13-4-;. The Morgan fingerprint density at radius 2 is 0.933 bits per heavy atom. The summed E-state index contributed by atoms with van der Waals surface area (Å²) in [4.78, 5) is 0. The van der Waals surface area contributed by atoms with Crippen molar-refractivity contribution in [2.24, 2.45) is 0 Å². The van der Waals surface area contributed by atoms with E-state index in [9.17, 15) is 0 Å². The first-order chi connectivity index (χ1) is 28.9. The van der Waals surface area contributed by atoms with Gasteiger partial charge in [0.05, 0.1) is 0 Å². The lowest BCUT2D eigenvalue weighted by atomic mass is 9.83. The average Bonchev–Trinajstić information content (AvgIpc) is 3.76. The van der Waals surface area contributed by atoms with Crippen LogP contribution in [-0.4, -0.2) is 0 Å². The topological polar surface area (TPSA) is 0 Å². The highest BCUT2D eigenvalue weighted by atomic mass is 14.3. The van der Waals surface area contributed by atoms with Gasteiger partial charge in [-0.2, -0.15) is 0 Å². The van der Waals surface area contributed by atoms with Crippen molar-refractivity contribution in [3.8, 4) is 11.1 Å². The van der Waals surface area contributed by atoms with Crippen molar-refractivity contribution >= 4 is 91.8 Å². The van der Waals surface area contributed by atoms with Crippen LogP contribution in [0.2, 0.25) is 0 Å². The molecule has 11 rings (SSSR count). The van der Waals surface area contributed by atoms with Crippen LogP contribution in [0.3, 0.4) is 0 Å². The monoisotopic (exact) mass is 770 g/mol. The molecule has 11 aromatic rings. The van der Waals surface area contributed by atoms with E-state index in [4.69, 9.17) is 6.58 Å². The quantitative estimate of drug-likeness (QED) is 0.123. The Labute approximate surface area is 353 Å². The Morgan fingerprint density at radius 3 is 1.53 bits per heavy atom. The van der Waals surface area contributed by atoms with E-state index in [1.165, 1.54) is 114 Å². The summed E-state index contributed by atoms with van der Waals surface area (Å²) in [6, 6.07) is 56.2. The normalized spacial score (nSPS) is 12.6. The number of benzene rings is 9. The van der Waals surface area contributed by atoms with Crippen LogP contribution in [0, 0.1) is 0 Å². The highest BCUT2D eigenvalue weighted by Crippen LogP contribution is 2.53. The maximum absolute atomic E-state index is 4.69. The number of hydrogen-bond acceptors (Lipinski definition) is 0. The molecule has 0 saturated carbocycles. The third kappa shape index (κ3) is 5.89. The minimum atomic E-state index is 0.219. The smallest absolute Gasteiger partial charge is 0.000741 e. The Bertz CT molecular complexity index is 3450. The molecule has 0 bridgehead atoms. The minimum absolute atomic E-state index is 0.219. The Kier molecular flexibility index (Phi) is 8.71. The zero-order valence-electron chi connectivity index (χ0n) is 35.6. The fourth-order valence-electron chi connectivity index (χ4n) is 9.82. The average molecular weight is 771 g/mol. The van der Waals surface area contributed by atoms with E-state index in [1.807, 2.05) is 12.2 Å². The maximum Gasteiger partial charge on any atom is -0.000741 e. The molecule has 0 aliphatic heterocycles. The largest absolute Gasteiger partial charge is 0.0991 e. The van der Waals surface area contributed by atoms with Gasteiger partial charge in [-0.15, -0.1) is 0 Å². The molecule has 11 aromatic carbocycles. The second kappa shape index (κ2) is 13.9. The molecule has 0 nitrogen and oxygen atoms in total. The molecule has 0 heterocycles. The van der Waals surface area contributed by atoms with Crippen molar-refractivity contribution in [1.82, 2.24) is 0 Å². The van der Waals surface area contributed by atoms with Gasteiger partial charge in [0.2, 0.25) is 0 Å². The second-order valence-corrected chi connectivity index (χ2v) is 18.6. The Hall–Kier alpha value is -6.76. The number of hydrogen-bond donors (Lipinski definition) is 0. The molecule has 0 fully saturated rings. The summed E-state index contributed by atoms with van der Waals surface area (Å²) in [5.41, 5.74) is 7.97. The molecule has 0 aromatic heterocycles. The van der Waals surface area contributed by atoms with E-state index in [2.05, 4.69) is 206 Å². The van der Waals surface area contributed by atoms with E-state index in [0.717, 1.165) is 5.57 Å². The summed E-state index contributed by atoms with van der Waals surface area (Å²) >= 11 is 0. The third-order valence-electron chi connectivity index (χ3n) is 12.8. The first-order valence-corrected chi connectivity index (χ1v) is 21.2. The maximum atomic E-state index is 4.69.